The Hall–Kier alpha value is -2.30. The number of anilines is 1. The Morgan fingerprint density at radius 2 is 1.82 bits per heavy atom. The summed E-state index contributed by atoms with van der Waals surface area (Å²) in [6, 6.07) is 8.64. The molecule has 1 saturated carbocycles. The Morgan fingerprint density at radius 3 is 2.39 bits per heavy atom. The highest BCUT2D eigenvalue weighted by Crippen LogP contribution is 2.64. The van der Waals surface area contributed by atoms with Crippen molar-refractivity contribution in [3.05, 3.63) is 65.5 Å². The van der Waals surface area contributed by atoms with E-state index in [9.17, 15) is 13.2 Å². The minimum atomic E-state index is -4.48. The first kappa shape index (κ1) is 20.4. The van der Waals surface area contributed by atoms with E-state index in [1.165, 1.54) is 17.2 Å². The molecule has 1 aromatic carbocycles. The van der Waals surface area contributed by atoms with Gasteiger partial charge in [-0.3, -0.25) is 4.98 Å². The average Bonchev–Trinajstić information content (AvgIpc) is 2.61. The predicted molar refractivity (Wildman–Crippen MR) is 108 cm³/mol. The summed E-state index contributed by atoms with van der Waals surface area (Å²) in [5, 5.41) is 3.17. The molecule has 0 radical (unpaired) electrons. The van der Waals surface area contributed by atoms with E-state index < -0.39 is 11.9 Å². The first-order valence-electron chi connectivity index (χ1n) is 9.43. The molecule has 0 spiro atoms. The number of aromatic nitrogens is 1. The van der Waals surface area contributed by atoms with Crippen LogP contribution in [0.1, 0.15) is 62.4 Å². The first-order chi connectivity index (χ1) is 12.8. The molecule has 0 saturated heterocycles. The van der Waals surface area contributed by atoms with Crippen LogP contribution in [0.25, 0.3) is 5.70 Å². The van der Waals surface area contributed by atoms with Crippen molar-refractivity contribution in [2.24, 2.45) is 10.8 Å². The fraction of sp³-hybridized carbons (Fsp3) is 0.435. The second-order valence-corrected chi connectivity index (χ2v) is 8.96. The zero-order valence-corrected chi connectivity index (χ0v) is 17.0. The number of hydrogen-bond donors (Lipinski definition) is 1. The highest BCUT2D eigenvalue weighted by atomic mass is 19.4. The zero-order valence-electron chi connectivity index (χ0n) is 17.0. The van der Waals surface area contributed by atoms with E-state index in [4.69, 9.17) is 0 Å². The van der Waals surface area contributed by atoms with E-state index in [1.807, 2.05) is 6.07 Å². The lowest BCUT2D eigenvalue weighted by molar-refractivity contribution is -0.141. The molecular formula is C23H27F3N2. The van der Waals surface area contributed by atoms with E-state index >= 15 is 0 Å². The van der Waals surface area contributed by atoms with Crippen molar-refractivity contribution in [1.29, 1.82) is 0 Å². The van der Waals surface area contributed by atoms with Crippen LogP contribution in [-0.2, 0) is 6.18 Å². The number of pyridine rings is 1. The molecule has 0 amide bonds. The molecule has 1 N–H and O–H groups in total. The van der Waals surface area contributed by atoms with Gasteiger partial charge in [0.25, 0.3) is 0 Å². The highest BCUT2D eigenvalue weighted by Gasteiger charge is 2.54. The SMILES string of the molecule is C=C(Nc1ccc(C)c(C2CC(C)(C)C2(C)C)c1)c1ccnc(C(F)(F)F)c1. The van der Waals surface area contributed by atoms with Crippen LogP contribution in [-0.4, -0.2) is 4.98 Å². The Balaban J connectivity index is 1.84. The third-order valence-corrected chi connectivity index (χ3v) is 6.68. The molecule has 1 aromatic heterocycles. The van der Waals surface area contributed by atoms with Gasteiger partial charge in [-0.25, -0.2) is 0 Å². The van der Waals surface area contributed by atoms with E-state index in [0.717, 1.165) is 24.4 Å². The maximum absolute atomic E-state index is 12.9. The van der Waals surface area contributed by atoms with Crippen LogP contribution in [0.5, 0.6) is 0 Å². The summed E-state index contributed by atoms with van der Waals surface area (Å²) in [5.74, 6) is 0.454. The standard InChI is InChI=1S/C23H27F3N2/c1-14-7-8-17(12-18(14)19-13-21(3,4)22(19,5)6)28-15(2)16-9-10-27-20(11-16)23(24,25)26/h7-12,19,28H,2,13H2,1,3-6H3. The highest BCUT2D eigenvalue weighted by molar-refractivity contribution is 5.75. The van der Waals surface area contributed by atoms with Crippen LogP contribution in [0.2, 0.25) is 0 Å². The van der Waals surface area contributed by atoms with Gasteiger partial charge in [0.15, 0.2) is 0 Å². The maximum atomic E-state index is 12.9. The van der Waals surface area contributed by atoms with Gasteiger partial charge in [-0.15, -0.1) is 0 Å². The Labute approximate surface area is 164 Å². The smallest absolute Gasteiger partial charge is 0.356 e. The second-order valence-electron chi connectivity index (χ2n) is 8.96. The van der Waals surface area contributed by atoms with Crippen LogP contribution in [0, 0.1) is 17.8 Å². The number of benzene rings is 1. The molecule has 1 aliphatic rings. The van der Waals surface area contributed by atoms with Gasteiger partial charge in [0, 0.05) is 23.1 Å². The largest absolute Gasteiger partial charge is 0.433 e. The van der Waals surface area contributed by atoms with Gasteiger partial charge < -0.3 is 5.32 Å². The lowest BCUT2D eigenvalue weighted by Crippen LogP contribution is -2.49. The van der Waals surface area contributed by atoms with Crippen molar-refractivity contribution >= 4 is 11.4 Å². The monoisotopic (exact) mass is 388 g/mol. The molecule has 1 fully saturated rings. The third kappa shape index (κ3) is 3.54. The minimum absolute atomic E-state index is 0.181. The third-order valence-electron chi connectivity index (χ3n) is 6.68. The van der Waals surface area contributed by atoms with Crippen molar-refractivity contribution in [2.45, 2.75) is 53.1 Å². The predicted octanol–water partition coefficient (Wildman–Crippen LogP) is 7.03. The second kappa shape index (κ2) is 6.64. The van der Waals surface area contributed by atoms with E-state index in [0.29, 0.717) is 17.2 Å². The topological polar surface area (TPSA) is 24.9 Å². The van der Waals surface area contributed by atoms with Gasteiger partial charge >= 0.3 is 6.18 Å². The van der Waals surface area contributed by atoms with Gasteiger partial charge in [0.05, 0.1) is 0 Å². The lowest BCUT2D eigenvalue weighted by atomic mass is 9.45. The van der Waals surface area contributed by atoms with E-state index in [-0.39, 0.29) is 10.8 Å². The molecule has 28 heavy (non-hydrogen) atoms. The molecule has 1 heterocycles. The Bertz CT molecular complexity index is 910. The van der Waals surface area contributed by atoms with Crippen LogP contribution >= 0.6 is 0 Å². The molecule has 1 atom stereocenters. The van der Waals surface area contributed by atoms with E-state index in [1.54, 1.807) is 0 Å². The normalized spacial score (nSPS) is 20.4. The molecule has 1 unspecified atom stereocenters. The number of rotatable bonds is 4. The fourth-order valence-corrected chi connectivity index (χ4v) is 3.98. The summed E-state index contributed by atoms with van der Waals surface area (Å²) in [5.41, 5.74) is 3.67. The molecule has 2 nitrogen and oxygen atoms in total. The Morgan fingerprint density at radius 1 is 1.14 bits per heavy atom. The number of nitrogens with one attached hydrogen (secondary N) is 1. The first-order valence-corrected chi connectivity index (χ1v) is 9.43. The zero-order chi connectivity index (χ0) is 20.9. The van der Waals surface area contributed by atoms with Crippen LogP contribution in [0.3, 0.4) is 0 Å². The van der Waals surface area contributed by atoms with Crippen molar-refractivity contribution in [2.75, 3.05) is 5.32 Å². The molecule has 0 bridgehead atoms. The summed E-state index contributed by atoms with van der Waals surface area (Å²) >= 11 is 0. The summed E-state index contributed by atoms with van der Waals surface area (Å²) in [6.45, 7) is 15.2. The van der Waals surface area contributed by atoms with Crippen LogP contribution in [0.15, 0.2) is 43.1 Å². The van der Waals surface area contributed by atoms with Gasteiger partial charge in [-0.2, -0.15) is 13.2 Å². The maximum Gasteiger partial charge on any atom is 0.433 e. The number of alkyl halides is 3. The summed E-state index contributed by atoms with van der Waals surface area (Å²) in [7, 11) is 0. The summed E-state index contributed by atoms with van der Waals surface area (Å²) in [4.78, 5) is 3.40. The van der Waals surface area contributed by atoms with Gasteiger partial charge in [0.2, 0.25) is 0 Å². The van der Waals surface area contributed by atoms with Crippen molar-refractivity contribution in [3.8, 4) is 0 Å². The molecule has 2 aromatic rings. The molecule has 150 valence electrons. The molecular weight excluding hydrogens is 361 g/mol. The number of halogens is 3. The minimum Gasteiger partial charge on any atom is -0.356 e. The van der Waals surface area contributed by atoms with Gasteiger partial charge in [-0.1, -0.05) is 40.3 Å². The lowest BCUT2D eigenvalue weighted by Gasteiger charge is -2.59. The molecule has 1 aliphatic carbocycles. The number of nitrogens with zero attached hydrogens (tertiary/aromatic N) is 1. The summed E-state index contributed by atoms with van der Waals surface area (Å²) < 4.78 is 38.7. The van der Waals surface area contributed by atoms with Crippen LogP contribution in [0.4, 0.5) is 18.9 Å². The van der Waals surface area contributed by atoms with Crippen LogP contribution < -0.4 is 5.32 Å². The molecule has 0 aliphatic heterocycles. The van der Waals surface area contributed by atoms with E-state index in [2.05, 4.69) is 63.6 Å². The fourth-order valence-electron chi connectivity index (χ4n) is 3.98. The van der Waals surface area contributed by atoms with Crippen molar-refractivity contribution < 1.29 is 13.2 Å². The van der Waals surface area contributed by atoms with Crippen molar-refractivity contribution in [3.63, 3.8) is 0 Å². The van der Waals surface area contributed by atoms with Gasteiger partial charge in [-0.05, 0) is 65.5 Å². The number of aryl methyl sites for hydroxylation is 1. The Kier molecular flexibility index (Phi) is 4.85. The average molecular weight is 388 g/mol. The summed E-state index contributed by atoms with van der Waals surface area (Å²) in [6.07, 6.45) is -2.20. The molecule has 5 heteroatoms. The van der Waals surface area contributed by atoms with Crippen molar-refractivity contribution in [1.82, 2.24) is 4.98 Å². The quantitative estimate of drug-likeness (QED) is 0.608. The number of hydrogen-bond acceptors (Lipinski definition) is 2. The van der Waals surface area contributed by atoms with Gasteiger partial charge in [0.1, 0.15) is 5.69 Å². The molecule has 3 rings (SSSR count).